The minimum atomic E-state index is -0.181. The molecule has 0 aromatic heterocycles. The van der Waals surface area contributed by atoms with Crippen LogP contribution in [0.2, 0.25) is 0 Å². The SMILES string of the molecule is CN=C(NCc1ccc(CN2CCOCC2)cc1)NCc1ccc(C)c(F)c1.I. The standard InChI is InChI=1S/C22H29FN4O.HI/c1-17-3-4-20(13-21(17)23)15-26-22(24-2)25-14-18-5-7-19(8-6-18)16-27-9-11-28-12-10-27;/h3-8,13H,9-12,14-16H2,1-2H3,(H2,24,25,26);1H. The van der Waals surface area contributed by atoms with E-state index in [1.807, 2.05) is 6.07 Å². The first-order valence-corrected chi connectivity index (χ1v) is 9.71. The van der Waals surface area contributed by atoms with Crippen LogP contribution in [-0.4, -0.2) is 44.2 Å². The third-order valence-electron chi connectivity index (χ3n) is 4.91. The Morgan fingerprint density at radius 1 is 1.00 bits per heavy atom. The zero-order valence-corrected chi connectivity index (χ0v) is 19.4. The quantitative estimate of drug-likeness (QED) is 0.354. The van der Waals surface area contributed by atoms with E-state index in [9.17, 15) is 4.39 Å². The molecule has 0 radical (unpaired) electrons. The lowest BCUT2D eigenvalue weighted by molar-refractivity contribution is 0.0342. The Kier molecular flexibility index (Phi) is 9.83. The molecule has 2 aromatic carbocycles. The van der Waals surface area contributed by atoms with Crippen LogP contribution in [0.15, 0.2) is 47.5 Å². The Morgan fingerprint density at radius 2 is 1.59 bits per heavy atom. The van der Waals surface area contributed by atoms with Gasteiger partial charge in [-0.1, -0.05) is 36.4 Å². The van der Waals surface area contributed by atoms with Crippen LogP contribution in [0.5, 0.6) is 0 Å². The van der Waals surface area contributed by atoms with Gasteiger partial charge in [-0.2, -0.15) is 0 Å². The lowest BCUT2D eigenvalue weighted by Gasteiger charge is -2.26. The molecule has 3 rings (SSSR count). The number of aliphatic imine (C=N–C) groups is 1. The van der Waals surface area contributed by atoms with Crippen LogP contribution in [0.1, 0.15) is 22.3 Å². The first-order valence-electron chi connectivity index (χ1n) is 9.71. The molecule has 2 aromatic rings. The van der Waals surface area contributed by atoms with Crippen LogP contribution in [0.3, 0.4) is 0 Å². The molecule has 29 heavy (non-hydrogen) atoms. The first-order chi connectivity index (χ1) is 13.6. The Morgan fingerprint density at radius 3 is 2.21 bits per heavy atom. The first kappa shape index (κ1) is 23.6. The van der Waals surface area contributed by atoms with Crippen molar-refractivity contribution in [3.63, 3.8) is 0 Å². The van der Waals surface area contributed by atoms with Crippen molar-refractivity contribution in [2.24, 2.45) is 4.99 Å². The molecule has 0 unspecified atom stereocenters. The molecule has 1 aliphatic heterocycles. The Balaban J connectivity index is 0.00000300. The van der Waals surface area contributed by atoms with Crippen LogP contribution in [0.25, 0.3) is 0 Å². The highest BCUT2D eigenvalue weighted by Gasteiger charge is 2.10. The summed E-state index contributed by atoms with van der Waals surface area (Å²) < 4.78 is 19.0. The van der Waals surface area contributed by atoms with Crippen molar-refractivity contribution in [1.82, 2.24) is 15.5 Å². The monoisotopic (exact) mass is 512 g/mol. The van der Waals surface area contributed by atoms with Gasteiger partial charge in [0.1, 0.15) is 5.82 Å². The van der Waals surface area contributed by atoms with E-state index >= 15 is 0 Å². The van der Waals surface area contributed by atoms with Gasteiger partial charge >= 0.3 is 0 Å². The van der Waals surface area contributed by atoms with E-state index in [1.165, 1.54) is 11.1 Å². The minimum Gasteiger partial charge on any atom is -0.379 e. The Bertz CT molecular complexity index is 792. The molecule has 5 nitrogen and oxygen atoms in total. The predicted octanol–water partition coefficient (Wildman–Crippen LogP) is 3.45. The number of nitrogens with zero attached hydrogens (tertiary/aromatic N) is 2. The molecule has 1 fully saturated rings. The molecule has 1 heterocycles. The predicted molar refractivity (Wildman–Crippen MR) is 126 cm³/mol. The zero-order valence-electron chi connectivity index (χ0n) is 17.1. The van der Waals surface area contributed by atoms with Gasteiger partial charge < -0.3 is 15.4 Å². The van der Waals surface area contributed by atoms with Crippen molar-refractivity contribution >= 4 is 29.9 Å². The molecule has 0 bridgehead atoms. The maximum atomic E-state index is 13.7. The van der Waals surface area contributed by atoms with E-state index in [1.54, 1.807) is 26.1 Å². The maximum absolute atomic E-state index is 13.7. The van der Waals surface area contributed by atoms with Gasteiger partial charge in [0.25, 0.3) is 0 Å². The fourth-order valence-electron chi connectivity index (χ4n) is 3.12. The Labute approximate surface area is 189 Å². The number of halogens is 2. The number of hydrogen-bond acceptors (Lipinski definition) is 3. The number of benzene rings is 2. The van der Waals surface area contributed by atoms with Gasteiger partial charge in [-0.05, 0) is 35.2 Å². The van der Waals surface area contributed by atoms with Gasteiger partial charge in [0.2, 0.25) is 0 Å². The number of rotatable bonds is 6. The molecular weight excluding hydrogens is 482 g/mol. The molecule has 0 spiro atoms. The highest BCUT2D eigenvalue weighted by Crippen LogP contribution is 2.10. The zero-order chi connectivity index (χ0) is 19.8. The summed E-state index contributed by atoms with van der Waals surface area (Å²) in [5.74, 6) is 0.512. The highest BCUT2D eigenvalue weighted by atomic mass is 127. The summed E-state index contributed by atoms with van der Waals surface area (Å²) in [4.78, 5) is 6.65. The van der Waals surface area contributed by atoms with Crippen molar-refractivity contribution in [1.29, 1.82) is 0 Å². The topological polar surface area (TPSA) is 48.9 Å². The number of aryl methyl sites for hydroxylation is 1. The minimum absolute atomic E-state index is 0. The van der Waals surface area contributed by atoms with E-state index in [-0.39, 0.29) is 29.8 Å². The second-order valence-corrected chi connectivity index (χ2v) is 7.07. The van der Waals surface area contributed by atoms with Crippen LogP contribution in [0.4, 0.5) is 4.39 Å². The third kappa shape index (κ3) is 7.56. The van der Waals surface area contributed by atoms with Crippen LogP contribution in [0, 0.1) is 12.7 Å². The average Bonchev–Trinajstić information content (AvgIpc) is 2.72. The molecule has 1 saturated heterocycles. The lowest BCUT2D eigenvalue weighted by atomic mass is 10.1. The van der Waals surface area contributed by atoms with Crippen LogP contribution in [-0.2, 0) is 24.4 Å². The summed E-state index contributed by atoms with van der Waals surface area (Å²) in [5.41, 5.74) is 4.05. The number of guanidine groups is 1. The maximum Gasteiger partial charge on any atom is 0.191 e. The van der Waals surface area contributed by atoms with Gasteiger partial charge in [-0.25, -0.2) is 4.39 Å². The summed E-state index contributed by atoms with van der Waals surface area (Å²) in [5, 5.41) is 6.52. The number of nitrogens with one attached hydrogen (secondary N) is 2. The van der Waals surface area contributed by atoms with Crippen LogP contribution < -0.4 is 10.6 Å². The highest BCUT2D eigenvalue weighted by molar-refractivity contribution is 14.0. The summed E-state index contributed by atoms with van der Waals surface area (Å²) in [6.45, 7) is 7.57. The molecule has 158 valence electrons. The third-order valence-corrected chi connectivity index (χ3v) is 4.91. The smallest absolute Gasteiger partial charge is 0.191 e. The number of ether oxygens (including phenoxy) is 1. The van der Waals surface area contributed by atoms with E-state index in [4.69, 9.17) is 4.74 Å². The van der Waals surface area contributed by atoms with Gasteiger partial charge in [-0.15, -0.1) is 24.0 Å². The summed E-state index contributed by atoms with van der Waals surface area (Å²) >= 11 is 0. The van der Waals surface area contributed by atoms with Gasteiger partial charge in [-0.3, -0.25) is 9.89 Å². The van der Waals surface area contributed by atoms with Crippen molar-refractivity contribution in [2.75, 3.05) is 33.4 Å². The largest absolute Gasteiger partial charge is 0.379 e. The molecule has 0 amide bonds. The van der Waals surface area contributed by atoms with Gasteiger partial charge in [0.15, 0.2) is 5.96 Å². The van der Waals surface area contributed by atoms with E-state index in [0.717, 1.165) is 38.4 Å². The fraction of sp³-hybridized carbons (Fsp3) is 0.409. The molecule has 0 atom stereocenters. The fourth-order valence-corrected chi connectivity index (χ4v) is 3.12. The molecule has 0 saturated carbocycles. The Hall–Kier alpha value is -1.71. The second kappa shape index (κ2) is 12.1. The van der Waals surface area contributed by atoms with Crippen molar-refractivity contribution in [3.8, 4) is 0 Å². The van der Waals surface area contributed by atoms with Crippen LogP contribution >= 0.6 is 24.0 Å². The number of morpholine rings is 1. The van der Waals surface area contributed by atoms with Crippen molar-refractivity contribution in [3.05, 3.63) is 70.5 Å². The summed E-state index contributed by atoms with van der Waals surface area (Å²) in [6, 6.07) is 13.9. The normalized spacial score (nSPS) is 14.9. The van der Waals surface area contributed by atoms with E-state index in [0.29, 0.717) is 24.6 Å². The van der Waals surface area contributed by atoms with Gasteiger partial charge in [0, 0.05) is 39.8 Å². The van der Waals surface area contributed by atoms with Crippen molar-refractivity contribution < 1.29 is 9.13 Å². The van der Waals surface area contributed by atoms with Crippen molar-refractivity contribution in [2.45, 2.75) is 26.6 Å². The van der Waals surface area contributed by atoms with Gasteiger partial charge in [0.05, 0.1) is 13.2 Å². The number of hydrogen-bond donors (Lipinski definition) is 2. The lowest BCUT2D eigenvalue weighted by Crippen LogP contribution is -2.36. The summed E-state index contributed by atoms with van der Waals surface area (Å²) in [6.07, 6.45) is 0. The molecular formula is C22H30FIN4O. The average molecular weight is 512 g/mol. The molecule has 2 N–H and O–H groups in total. The molecule has 1 aliphatic rings. The second-order valence-electron chi connectivity index (χ2n) is 7.07. The summed E-state index contributed by atoms with van der Waals surface area (Å²) in [7, 11) is 1.73. The molecule has 0 aliphatic carbocycles. The van der Waals surface area contributed by atoms with E-state index in [2.05, 4.69) is 44.8 Å². The molecule has 7 heteroatoms. The van der Waals surface area contributed by atoms with E-state index < -0.39 is 0 Å².